The van der Waals surface area contributed by atoms with Gasteiger partial charge in [-0.25, -0.2) is 18.2 Å². The molecule has 1 aliphatic heterocycles. The van der Waals surface area contributed by atoms with Crippen LogP contribution in [0.1, 0.15) is 0 Å². The first-order chi connectivity index (χ1) is 18.4. The second-order valence-electron chi connectivity index (χ2n) is 8.89. The van der Waals surface area contributed by atoms with E-state index in [9.17, 15) is 13.2 Å². The largest absolute Gasteiger partial charge is 0.494 e. The fourth-order valence-electron chi connectivity index (χ4n) is 4.05. The zero-order valence-corrected chi connectivity index (χ0v) is 23.1. The zero-order chi connectivity index (χ0) is 28.3. The number of benzene rings is 2. The number of piperazine rings is 1. The minimum Gasteiger partial charge on any atom is -0.494 e. The summed E-state index contributed by atoms with van der Waals surface area (Å²) in [6.07, 6.45) is 1.34. The number of nitrogens with one attached hydrogen (secondary N) is 2. The highest BCUT2D eigenvalue weighted by Gasteiger charge is 2.20. The van der Waals surface area contributed by atoms with Crippen molar-refractivity contribution >= 4 is 62.0 Å². The molecule has 1 aromatic heterocycles. The van der Waals surface area contributed by atoms with Crippen molar-refractivity contribution in [2.75, 3.05) is 67.9 Å². The van der Waals surface area contributed by atoms with Crippen molar-refractivity contribution in [3.63, 3.8) is 0 Å². The number of primary amides is 1. The van der Waals surface area contributed by atoms with Gasteiger partial charge in [0.25, 0.3) is 0 Å². The predicted molar refractivity (Wildman–Crippen MR) is 150 cm³/mol. The van der Waals surface area contributed by atoms with E-state index >= 15 is 0 Å². The second-order valence-corrected chi connectivity index (χ2v) is 11.3. The summed E-state index contributed by atoms with van der Waals surface area (Å²) in [5, 5.41) is 6.07. The van der Waals surface area contributed by atoms with Crippen LogP contribution in [0.3, 0.4) is 0 Å². The minimum absolute atomic E-state index is 0.0292. The molecule has 2 aromatic carbocycles. The van der Waals surface area contributed by atoms with Crippen molar-refractivity contribution in [2.45, 2.75) is 4.90 Å². The molecule has 0 aliphatic carbocycles. The molecule has 1 amide bonds. The first-order valence-electron chi connectivity index (χ1n) is 11.7. The average molecular weight is 577 g/mol. The maximum atomic E-state index is 12.3. The Morgan fingerprint density at radius 1 is 1.10 bits per heavy atom. The lowest BCUT2D eigenvalue weighted by Gasteiger charge is -2.35. The SMILES string of the molecule is COc1cc(N2CCN(C)CC2)c(N)cc1Nc1ncc(Cl)c(Nc2cc(OC(N)=O)ccc2S(C)(=O)=O)n1. The van der Waals surface area contributed by atoms with Crippen molar-refractivity contribution in [3.05, 3.63) is 41.6 Å². The highest BCUT2D eigenvalue weighted by atomic mass is 35.5. The van der Waals surface area contributed by atoms with Gasteiger partial charge >= 0.3 is 6.09 Å². The maximum absolute atomic E-state index is 12.3. The molecular weight excluding hydrogens is 548 g/mol. The van der Waals surface area contributed by atoms with Crippen LogP contribution in [0.15, 0.2) is 41.4 Å². The number of methoxy groups -OCH3 is 1. The van der Waals surface area contributed by atoms with Crippen LogP contribution in [0.25, 0.3) is 0 Å². The monoisotopic (exact) mass is 576 g/mol. The van der Waals surface area contributed by atoms with Gasteiger partial charge in [-0.3, -0.25) is 0 Å². The third-order valence-electron chi connectivity index (χ3n) is 6.01. The lowest BCUT2D eigenvalue weighted by atomic mass is 10.2. The summed E-state index contributed by atoms with van der Waals surface area (Å²) < 4.78 is 35.2. The molecule has 208 valence electrons. The first-order valence-corrected chi connectivity index (χ1v) is 14.0. The standard InChI is InChI=1S/C24H29ClN8O5S/c1-32-6-8-33(9-7-32)19-12-20(37-2)17(11-16(19)26)30-24-28-13-15(25)22(31-24)29-18-10-14(38-23(27)34)4-5-21(18)39(3,35)36/h4-5,10-13H,6-9,26H2,1-3H3,(H2,27,34)(H2,28,29,30,31). The molecule has 6 N–H and O–H groups in total. The molecule has 13 nitrogen and oxygen atoms in total. The van der Waals surface area contributed by atoms with Gasteiger partial charge in [-0.15, -0.1) is 0 Å². The van der Waals surface area contributed by atoms with Gasteiger partial charge in [0.05, 0.1) is 41.0 Å². The van der Waals surface area contributed by atoms with Crippen molar-refractivity contribution in [1.29, 1.82) is 0 Å². The van der Waals surface area contributed by atoms with Crippen molar-refractivity contribution in [2.24, 2.45) is 5.73 Å². The molecular formula is C24H29ClN8O5S. The molecule has 0 radical (unpaired) electrons. The number of hydrogen-bond acceptors (Lipinski definition) is 12. The minimum atomic E-state index is -3.67. The van der Waals surface area contributed by atoms with Gasteiger partial charge in [0.2, 0.25) is 5.95 Å². The number of sulfone groups is 1. The van der Waals surface area contributed by atoms with Gasteiger partial charge in [-0.2, -0.15) is 4.98 Å². The van der Waals surface area contributed by atoms with E-state index in [1.165, 1.54) is 24.4 Å². The number of halogens is 1. The Bertz CT molecular complexity index is 1500. The number of carbonyl (C=O) groups is 1. The summed E-state index contributed by atoms with van der Waals surface area (Å²) >= 11 is 6.32. The van der Waals surface area contributed by atoms with E-state index in [2.05, 4.69) is 37.4 Å². The van der Waals surface area contributed by atoms with Gasteiger partial charge in [0.15, 0.2) is 15.7 Å². The number of carbonyl (C=O) groups excluding carboxylic acids is 1. The van der Waals surface area contributed by atoms with Gasteiger partial charge in [0, 0.05) is 44.6 Å². The third-order valence-corrected chi connectivity index (χ3v) is 7.44. The van der Waals surface area contributed by atoms with Gasteiger partial charge in [-0.1, -0.05) is 11.6 Å². The number of nitrogens with zero attached hydrogens (tertiary/aromatic N) is 4. The van der Waals surface area contributed by atoms with Gasteiger partial charge in [-0.05, 0) is 25.2 Å². The normalized spacial score (nSPS) is 14.1. The summed E-state index contributed by atoms with van der Waals surface area (Å²) in [6, 6.07) is 7.49. The molecule has 1 aliphatic rings. The Balaban J connectivity index is 1.64. The molecule has 39 heavy (non-hydrogen) atoms. The predicted octanol–water partition coefficient (Wildman–Crippen LogP) is 2.82. The van der Waals surface area contributed by atoms with E-state index in [4.69, 9.17) is 32.5 Å². The lowest BCUT2D eigenvalue weighted by molar-refractivity contribution is 0.211. The molecule has 1 fully saturated rings. The molecule has 0 bridgehead atoms. The Kier molecular flexibility index (Phi) is 8.18. The van der Waals surface area contributed by atoms with Crippen LogP contribution in [0.2, 0.25) is 5.02 Å². The third kappa shape index (κ3) is 6.71. The van der Waals surface area contributed by atoms with Gasteiger partial charge in [0.1, 0.15) is 16.5 Å². The molecule has 1 saturated heterocycles. The molecule has 0 spiro atoms. The van der Waals surface area contributed by atoms with Crippen LogP contribution in [0.4, 0.5) is 39.3 Å². The molecule has 0 unspecified atom stereocenters. The van der Waals surface area contributed by atoms with Crippen LogP contribution in [-0.4, -0.2) is 76.0 Å². The quantitative estimate of drug-likeness (QED) is 0.289. The fourth-order valence-corrected chi connectivity index (χ4v) is 5.01. The van der Waals surface area contributed by atoms with Crippen molar-refractivity contribution < 1.29 is 22.7 Å². The molecule has 0 saturated carbocycles. The van der Waals surface area contributed by atoms with Gasteiger partial charge < -0.3 is 41.4 Å². The smallest absolute Gasteiger partial charge is 0.409 e. The fraction of sp³-hybridized carbons (Fsp3) is 0.292. The number of nitrogens with two attached hydrogens (primary N) is 2. The number of hydrogen-bond donors (Lipinski definition) is 4. The topological polar surface area (TPSA) is 178 Å². The Morgan fingerprint density at radius 3 is 2.46 bits per heavy atom. The van der Waals surface area contributed by atoms with E-state index in [1.807, 2.05) is 6.07 Å². The highest BCUT2D eigenvalue weighted by Crippen LogP contribution is 2.37. The van der Waals surface area contributed by atoms with Crippen molar-refractivity contribution in [1.82, 2.24) is 14.9 Å². The van der Waals surface area contributed by atoms with Crippen LogP contribution >= 0.6 is 11.6 Å². The molecule has 0 atom stereocenters. The molecule has 2 heterocycles. The van der Waals surface area contributed by atoms with E-state index < -0.39 is 15.9 Å². The van der Waals surface area contributed by atoms with E-state index in [1.54, 1.807) is 13.2 Å². The number of anilines is 6. The summed E-state index contributed by atoms with van der Waals surface area (Å²) in [5.74, 6) is 0.789. The highest BCUT2D eigenvalue weighted by molar-refractivity contribution is 7.90. The zero-order valence-electron chi connectivity index (χ0n) is 21.6. The van der Waals surface area contributed by atoms with E-state index in [-0.39, 0.29) is 33.1 Å². The lowest BCUT2D eigenvalue weighted by Crippen LogP contribution is -2.44. The Morgan fingerprint density at radius 2 is 1.82 bits per heavy atom. The molecule has 3 aromatic rings. The summed E-state index contributed by atoms with van der Waals surface area (Å²) in [7, 11) is -0.0440. The number of likely N-dealkylation sites (N-methyl/N-ethyl adjacent to an activating group) is 1. The van der Waals surface area contributed by atoms with Crippen LogP contribution in [-0.2, 0) is 9.84 Å². The Labute approximate surface area is 231 Å². The van der Waals surface area contributed by atoms with E-state index in [0.717, 1.165) is 38.1 Å². The Hall–Kier alpha value is -4.01. The number of ether oxygens (including phenoxy) is 2. The van der Waals surface area contributed by atoms with Crippen molar-refractivity contribution in [3.8, 4) is 11.5 Å². The van der Waals surface area contributed by atoms with Crippen LogP contribution in [0, 0.1) is 0 Å². The first kappa shape index (κ1) is 28.0. The number of nitrogen functional groups attached to an aromatic ring is 1. The van der Waals surface area contributed by atoms with E-state index in [0.29, 0.717) is 17.1 Å². The number of amides is 1. The summed E-state index contributed by atoms with van der Waals surface area (Å²) in [6.45, 7) is 3.53. The maximum Gasteiger partial charge on any atom is 0.409 e. The second kappa shape index (κ2) is 11.4. The van der Waals surface area contributed by atoms with Crippen LogP contribution < -0.4 is 36.5 Å². The molecule has 4 rings (SSSR count). The van der Waals surface area contributed by atoms with Crippen LogP contribution in [0.5, 0.6) is 11.5 Å². The summed E-state index contributed by atoms with van der Waals surface area (Å²) in [4.78, 5) is 24.2. The molecule has 15 heteroatoms. The summed E-state index contributed by atoms with van der Waals surface area (Å²) in [5.41, 5.74) is 13.5. The average Bonchev–Trinajstić information content (AvgIpc) is 2.86. The number of rotatable bonds is 8. The number of aromatic nitrogens is 2.